The van der Waals surface area contributed by atoms with Crippen molar-refractivity contribution >= 4 is 39.5 Å². The number of halogens is 2. The predicted molar refractivity (Wildman–Crippen MR) is 78.6 cm³/mol. The summed E-state index contributed by atoms with van der Waals surface area (Å²) < 4.78 is 0.673. The third-order valence-corrected chi connectivity index (χ3v) is 3.19. The molecule has 104 valence electrons. The lowest BCUT2D eigenvalue weighted by molar-refractivity contribution is 0.0953. The van der Waals surface area contributed by atoms with Gasteiger partial charge in [-0.05, 0) is 34.1 Å². The smallest absolute Gasteiger partial charge is 0.316 e. The average molecular weight is 349 g/mol. The van der Waals surface area contributed by atoms with Crippen LogP contribution in [-0.2, 0) is 0 Å². The third-order valence-electron chi connectivity index (χ3n) is 2.27. The SMILES string of the molecule is CN(C)C(=O)NCCNC(=O)c1cc(Cl)ccc1Br. The molecule has 0 heterocycles. The van der Waals surface area contributed by atoms with Crippen molar-refractivity contribution in [1.29, 1.82) is 0 Å². The highest BCUT2D eigenvalue weighted by Crippen LogP contribution is 2.20. The Bertz CT molecular complexity index is 480. The predicted octanol–water partition coefficient (Wildman–Crippen LogP) is 2.10. The molecule has 0 aromatic heterocycles. The van der Waals surface area contributed by atoms with Crippen molar-refractivity contribution in [3.63, 3.8) is 0 Å². The molecule has 7 heteroatoms. The molecule has 1 aromatic carbocycles. The Morgan fingerprint density at radius 2 is 1.89 bits per heavy atom. The van der Waals surface area contributed by atoms with E-state index in [0.29, 0.717) is 28.1 Å². The van der Waals surface area contributed by atoms with Crippen molar-refractivity contribution in [3.8, 4) is 0 Å². The van der Waals surface area contributed by atoms with E-state index in [2.05, 4.69) is 26.6 Å². The third kappa shape index (κ3) is 5.08. The molecule has 1 aromatic rings. The molecule has 0 aliphatic heterocycles. The number of urea groups is 1. The van der Waals surface area contributed by atoms with Crippen molar-refractivity contribution in [3.05, 3.63) is 33.3 Å². The van der Waals surface area contributed by atoms with Gasteiger partial charge in [0.25, 0.3) is 5.91 Å². The van der Waals surface area contributed by atoms with Crippen molar-refractivity contribution in [2.75, 3.05) is 27.2 Å². The van der Waals surface area contributed by atoms with Crippen LogP contribution in [0.25, 0.3) is 0 Å². The minimum absolute atomic E-state index is 0.196. The Kier molecular flexibility index (Phi) is 6.11. The van der Waals surface area contributed by atoms with E-state index in [1.54, 1.807) is 32.3 Å². The lowest BCUT2D eigenvalue weighted by Crippen LogP contribution is -2.39. The number of benzene rings is 1. The molecule has 0 aliphatic rings. The standard InChI is InChI=1S/C12H15BrClN3O2/c1-17(2)12(19)16-6-5-15-11(18)9-7-8(14)3-4-10(9)13/h3-4,7H,5-6H2,1-2H3,(H,15,18)(H,16,19). The van der Waals surface area contributed by atoms with Crippen LogP contribution in [0.1, 0.15) is 10.4 Å². The fourth-order valence-corrected chi connectivity index (χ4v) is 1.87. The van der Waals surface area contributed by atoms with E-state index in [9.17, 15) is 9.59 Å². The fourth-order valence-electron chi connectivity index (χ4n) is 1.27. The highest BCUT2D eigenvalue weighted by atomic mass is 79.9. The van der Waals surface area contributed by atoms with Crippen LogP contribution < -0.4 is 10.6 Å². The zero-order valence-electron chi connectivity index (χ0n) is 10.7. The first-order valence-electron chi connectivity index (χ1n) is 5.60. The van der Waals surface area contributed by atoms with Crippen LogP contribution in [0.3, 0.4) is 0 Å². The molecule has 0 radical (unpaired) electrons. The van der Waals surface area contributed by atoms with Gasteiger partial charge in [0, 0.05) is 36.7 Å². The molecule has 0 aliphatic carbocycles. The Morgan fingerprint density at radius 1 is 1.26 bits per heavy atom. The summed E-state index contributed by atoms with van der Waals surface area (Å²) in [6.45, 7) is 0.707. The van der Waals surface area contributed by atoms with Crippen LogP contribution in [0.4, 0.5) is 4.79 Å². The number of carbonyl (C=O) groups excluding carboxylic acids is 2. The van der Waals surface area contributed by atoms with Crippen LogP contribution in [0, 0.1) is 0 Å². The van der Waals surface area contributed by atoms with Crippen LogP contribution in [-0.4, -0.2) is 44.0 Å². The van der Waals surface area contributed by atoms with E-state index >= 15 is 0 Å². The molecule has 0 spiro atoms. The van der Waals surface area contributed by atoms with Gasteiger partial charge in [-0.1, -0.05) is 11.6 Å². The second kappa shape index (κ2) is 7.35. The Balaban J connectivity index is 2.44. The number of nitrogens with zero attached hydrogens (tertiary/aromatic N) is 1. The van der Waals surface area contributed by atoms with E-state index < -0.39 is 0 Å². The summed E-state index contributed by atoms with van der Waals surface area (Å²) in [5, 5.41) is 5.84. The molecule has 0 atom stereocenters. The lowest BCUT2D eigenvalue weighted by Gasteiger charge is -2.12. The lowest BCUT2D eigenvalue weighted by atomic mass is 10.2. The minimum atomic E-state index is -0.242. The highest BCUT2D eigenvalue weighted by molar-refractivity contribution is 9.10. The highest BCUT2D eigenvalue weighted by Gasteiger charge is 2.10. The molecular weight excluding hydrogens is 334 g/mol. The summed E-state index contributed by atoms with van der Waals surface area (Å²) in [5.74, 6) is -0.242. The van der Waals surface area contributed by atoms with Crippen LogP contribution >= 0.6 is 27.5 Å². The van der Waals surface area contributed by atoms with Gasteiger partial charge in [-0.25, -0.2) is 4.79 Å². The summed E-state index contributed by atoms with van der Waals surface area (Å²) in [6.07, 6.45) is 0. The van der Waals surface area contributed by atoms with Crippen molar-refractivity contribution in [1.82, 2.24) is 15.5 Å². The average Bonchev–Trinajstić information content (AvgIpc) is 2.36. The normalized spacial score (nSPS) is 9.89. The van der Waals surface area contributed by atoms with Gasteiger partial charge in [0.05, 0.1) is 5.56 Å². The summed E-state index contributed by atoms with van der Waals surface area (Å²) in [7, 11) is 3.30. The number of hydrogen-bond acceptors (Lipinski definition) is 2. The van der Waals surface area contributed by atoms with Gasteiger partial charge in [0.15, 0.2) is 0 Å². The summed E-state index contributed by atoms with van der Waals surface area (Å²) in [5.41, 5.74) is 0.464. The van der Waals surface area contributed by atoms with E-state index in [-0.39, 0.29) is 11.9 Å². The topological polar surface area (TPSA) is 61.4 Å². The molecule has 5 nitrogen and oxygen atoms in total. The maximum atomic E-state index is 11.9. The first-order chi connectivity index (χ1) is 8.91. The second-order valence-corrected chi connectivity index (χ2v) is 5.30. The van der Waals surface area contributed by atoms with Gasteiger partial charge in [-0.15, -0.1) is 0 Å². The Morgan fingerprint density at radius 3 is 2.53 bits per heavy atom. The van der Waals surface area contributed by atoms with Crippen LogP contribution in [0.5, 0.6) is 0 Å². The van der Waals surface area contributed by atoms with E-state index in [1.807, 2.05) is 0 Å². The fraction of sp³-hybridized carbons (Fsp3) is 0.333. The minimum Gasteiger partial charge on any atom is -0.350 e. The van der Waals surface area contributed by atoms with E-state index in [0.717, 1.165) is 0 Å². The molecular formula is C12H15BrClN3O2. The van der Waals surface area contributed by atoms with Gasteiger partial charge >= 0.3 is 6.03 Å². The largest absolute Gasteiger partial charge is 0.350 e. The Labute approximate surface area is 125 Å². The number of nitrogens with one attached hydrogen (secondary N) is 2. The van der Waals surface area contributed by atoms with Gasteiger partial charge < -0.3 is 15.5 Å². The zero-order chi connectivity index (χ0) is 14.4. The molecule has 19 heavy (non-hydrogen) atoms. The molecule has 1 rings (SSSR count). The number of amides is 3. The molecule has 0 saturated carbocycles. The van der Waals surface area contributed by atoms with Gasteiger partial charge in [0.2, 0.25) is 0 Å². The second-order valence-electron chi connectivity index (χ2n) is 4.01. The zero-order valence-corrected chi connectivity index (χ0v) is 13.0. The first kappa shape index (κ1) is 15.8. The number of hydrogen-bond donors (Lipinski definition) is 2. The summed E-state index contributed by atoms with van der Waals surface area (Å²) in [6, 6.07) is 4.79. The van der Waals surface area contributed by atoms with Gasteiger partial charge in [0.1, 0.15) is 0 Å². The van der Waals surface area contributed by atoms with Gasteiger partial charge in [-0.2, -0.15) is 0 Å². The molecule has 0 saturated heterocycles. The molecule has 2 N–H and O–H groups in total. The van der Waals surface area contributed by atoms with Crippen molar-refractivity contribution < 1.29 is 9.59 Å². The quantitative estimate of drug-likeness (QED) is 0.819. The van der Waals surface area contributed by atoms with Crippen LogP contribution in [0.2, 0.25) is 5.02 Å². The van der Waals surface area contributed by atoms with Crippen molar-refractivity contribution in [2.24, 2.45) is 0 Å². The van der Waals surface area contributed by atoms with Crippen molar-refractivity contribution in [2.45, 2.75) is 0 Å². The molecule has 0 unspecified atom stereocenters. The maximum absolute atomic E-state index is 11.9. The monoisotopic (exact) mass is 347 g/mol. The van der Waals surface area contributed by atoms with E-state index in [4.69, 9.17) is 11.6 Å². The molecule has 0 fully saturated rings. The summed E-state index contributed by atoms with van der Waals surface area (Å²) >= 11 is 9.12. The van der Waals surface area contributed by atoms with E-state index in [1.165, 1.54) is 4.90 Å². The van der Waals surface area contributed by atoms with Crippen LogP contribution in [0.15, 0.2) is 22.7 Å². The maximum Gasteiger partial charge on any atom is 0.316 e. The number of rotatable bonds is 4. The molecule has 3 amide bonds. The Hall–Kier alpha value is -1.27. The molecule has 0 bridgehead atoms. The van der Waals surface area contributed by atoms with Gasteiger partial charge in [-0.3, -0.25) is 4.79 Å². The number of carbonyl (C=O) groups is 2. The first-order valence-corrected chi connectivity index (χ1v) is 6.77. The summed E-state index contributed by atoms with van der Waals surface area (Å²) in [4.78, 5) is 24.5.